The van der Waals surface area contributed by atoms with Crippen LogP contribution in [-0.4, -0.2) is 16.1 Å². The molecule has 0 bridgehead atoms. The first kappa shape index (κ1) is 14.4. The molecular formula is C17H12FNO2S. The van der Waals surface area contributed by atoms with Crippen molar-refractivity contribution in [2.45, 2.75) is 6.92 Å². The Morgan fingerprint density at radius 3 is 2.23 bits per heavy atom. The Bertz CT molecular complexity index is 823. The summed E-state index contributed by atoms with van der Waals surface area (Å²) in [4.78, 5) is 16.1. The predicted molar refractivity (Wildman–Crippen MR) is 84.6 cm³/mol. The Hall–Kier alpha value is -2.53. The maximum atomic E-state index is 13.0. The van der Waals surface area contributed by atoms with Crippen LogP contribution < -0.4 is 0 Å². The van der Waals surface area contributed by atoms with Gasteiger partial charge in [-0.05, 0) is 31.2 Å². The lowest BCUT2D eigenvalue weighted by Gasteiger charge is -1.99. The number of benzene rings is 2. The summed E-state index contributed by atoms with van der Waals surface area (Å²) < 4.78 is 13.0. The lowest BCUT2D eigenvalue weighted by Crippen LogP contribution is -1.95. The van der Waals surface area contributed by atoms with Gasteiger partial charge in [0.1, 0.15) is 15.7 Å². The van der Waals surface area contributed by atoms with Gasteiger partial charge in [0.2, 0.25) is 0 Å². The molecule has 0 saturated carbocycles. The van der Waals surface area contributed by atoms with Crippen molar-refractivity contribution in [3.05, 3.63) is 64.8 Å². The van der Waals surface area contributed by atoms with Crippen LogP contribution in [0.2, 0.25) is 0 Å². The van der Waals surface area contributed by atoms with E-state index in [2.05, 4.69) is 4.98 Å². The molecule has 0 aliphatic heterocycles. The average molecular weight is 313 g/mol. The summed E-state index contributed by atoms with van der Waals surface area (Å²) in [5.74, 6) is -1.40. The fourth-order valence-electron chi connectivity index (χ4n) is 2.09. The van der Waals surface area contributed by atoms with Gasteiger partial charge in [0, 0.05) is 11.1 Å². The number of aromatic nitrogens is 1. The number of rotatable bonds is 3. The SMILES string of the molecule is Cc1ccc(-c2nc(-c3ccc(F)cc3)c(C(=O)O)s2)cc1. The first-order valence-corrected chi connectivity index (χ1v) is 7.43. The Balaban J connectivity index is 2.11. The second-order valence-electron chi connectivity index (χ2n) is 4.87. The molecule has 0 spiro atoms. The number of aromatic carboxylic acids is 1. The average Bonchev–Trinajstić information content (AvgIpc) is 2.94. The molecule has 0 amide bonds. The normalized spacial score (nSPS) is 10.6. The van der Waals surface area contributed by atoms with Gasteiger partial charge in [-0.2, -0.15) is 0 Å². The van der Waals surface area contributed by atoms with Crippen molar-refractivity contribution < 1.29 is 14.3 Å². The molecule has 22 heavy (non-hydrogen) atoms. The Labute approximate surface area is 130 Å². The third kappa shape index (κ3) is 2.76. The summed E-state index contributed by atoms with van der Waals surface area (Å²) in [7, 11) is 0. The quantitative estimate of drug-likeness (QED) is 0.767. The second kappa shape index (κ2) is 5.69. The lowest BCUT2D eigenvalue weighted by molar-refractivity contribution is 0.0702. The zero-order valence-corrected chi connectivity index (χ0v) is 12.5. The van der Waals surface area contributed by atoms with E-state index in [0.717, 1.165) is 22.5 Å². The number of hydrogen-bond acceptors (Lipinski definition) is 3. The maximum Gasteiger partial charge on any atom is 0.348 e. The van der Waals surface area contributed by atoms with Crippen molar-refractivity contribution >= 4 is 17.3 Å². The van der Waals surface area contributed by atoms with Gasteiger partial charge in [-0.25, -0.2) is 14.2 Å². The number of carbonyl (C=O) groups is 1. The third-order valence-corrected chi connectivity index (χ3v) is 4.33. The highest BCUT2D eigenvalue weighted by Gasteiger charge is 2.19. The van der Waals surface area contributed by atoms with Crippen LogP contribution in [0.1, 0.15) is 15.2 Å². The molecule has 2 aromatic carbocycles. The Morgan fingerprint density at radius 1 is 1.05 bits per heavy atom. The summed E-state index contributed by atoms with van der Waals surface area (Å²) in [6, 6.07) is 13.4. The van der Waals surface area contributed by atoms with E-state index in [9.17, 15) is 14.3 Å². The highest BCUT2D eigenvalue weighted by atomic mass is 32.1. The molecule has 1 aromatic heterocycles. The number of nitrogens with zero attached hydrogens (tertiary/aromatic N) is 1. The van der Waals surface area contributed by atoms with Gasteiger partial charge in [0.15, 0.2) is 0 Å². The minimum atomic E-state index is -1.03. The number of halogens is 1. The molecule has 0 fully saturated rings. The van der Waals surface area contributed by atoms with E-state index in [4.69, 9.17) is 0 Å². The summed E-state index contributed by atoms with van der Waals surface area (Å²) in [6.45, 7) is 1.98. The summed E-state index contributed by atoms with van der Waals surface area (Å²) in [5.41, 5.74) is 2.95. The van der Waals surface area contributed by atoms with Crippen LogP contribution in [0.5, 0.6) is 0 Å². The zero-order chi connectivity index (χ0) is 15.7. The summed E-state index contributed by atoms with van der Waals surface area (Å²) >= 11 is 1.12. The number of hydrogen-bond donors (Lipinski definition) is 1. The van der Waals surface area contributed by atoms with E-state index >= 15 is 0 Å². The van der Waals surface area contributed by atoms with E-state index in [-0.39, 0.29) is 10.7 Å². The highest BCUT2D eigenvalue weighted by molar-refractivity contribution is 7.17. The minimum absolute atomic E-state index is 0.155. The fraction of sp³-hybridized carbons (Fsp3) is 0.0588. The van der Waals surface area contributed by atoms with Crippen molar-refractivity contribution in [3.63, 3.8) is 0 Å². The smallest absolute Gasteiger partial charge is 0.348 e. The molecule has 0 atom stereocenters. The first-order chi connectivity index (χ1) is 10.5. The van der Waals surface area contributed by atoms with Gasteiger partial charge < -0.3 is 5.11 Å². The molecule has 0 radical (unpaired) electrons. The van der Waals surface area contributed by atoms with Gasteiger partial charge >= 0.3 is 5.97 Å². The second-order valence-corrected chi connectivity index (χ2v) is 5.87. The highest BCUT2D eigenvalue weighted by Crippen LogP contribution is 2.34. The first-order valence-electron chi connectivity index (χ1n) is 6.61. The van der Waals surface area contributed by atoms with Crippen LogP contribution in [0, 0.1) is 12.7 Å². The Kier molecular flexibility index (Phi) is 3.73. The number of thiazole rings is 1. The molecule has 3 rings (SSSR count). The minimum Gasteiger partial charge on any atom is -0.477 e. The molecular weight excluding hydrogens is 301 g/mol. The largest absolute Gasteiger partial charge is 0.477 e. The maximum absolute atomic E-state index is 13.0. The number of aryl methyl sites for hydroxylation is 1. The molecule has 5 heteroatoms. The van der Waals surface area contributed by atoms with Crippen molar-refractivity contribution in [2.75, 3.05) is 0 Å². The van der Waals surface area contributed by atoms with Crippen molar-refractivity contribution in [1.29, 1.82) is 0 Å². The van der Waals surface area contributed by atoms with Crippen molar-refractivity contribution in [2.24, 2.45) is 0 Å². The van der Waals surface area contributed by atoms with Crippen LogP contribution in [0.25, 0.3) is 21.8 Å². The van der Waals surface area contributed by atoms with Gasteiger partial charge in [-0.1, -0.05) is 29.8 Å². The van der Waals surface area contributed by atoms with E-state index < -0.39 is 5.97 Å². The van der Waals surface area contributed by atoms with Crippen molar-refractivity contribution in [3.8, 4) is 21.8 Å². The van der Waals surface area contributed by atoms with Gasteiger partial charge in [0.25, 0.3) is 0 Å². The Morgan fingerprint density at radius 2 is 1.64 bits per heavy atom. The molecule has 3 aromatic rings. The molecule has 0 saturated heterocycles. The molecule has 110 valence electrons. The predicted octanol–water partition coefficient (Wildman–Crippen LogP) is 4.62. The standard InChI is InChI=1S/C17H12FNO2S/c1-10-2-4-12(5-3-10)16-19-14(15(22-16)17(20)21)11-6-8-13(18)9-7-11/h2-9H,1H3,(H,20,21). The van der Waals surface area contributed by atoms with Crippen LogP contribution in [0.4, 0.5) is 4.39 Å². The van der Waals surface area contributed by atoms with Gasteiger partial charge in [0.05, 0.1) is 5.69 Å². The lowest BCUT2D eigenvalue weighted by atomic mass is 10.1. The van der Waals surface area contributed by atoms with Crippen molar-refractivity contribution in [1.82, 2.24) is 4.98 Å². The molecule has 0 unspecified atom stereocenters. The molecule has 1 heterocycles. The summed E-state index contributed by atoms with van der Waals surface area (Å²) in [6.07, 6.45) is 0. The number of carboxylic acid groups (broad SMARTS) is 1. The van der Waals surface area contributed by atoms with Crippen LogP contribution in [-0.2, 0) is 0 Å². The molecule has 0 aliphatic rings. The zero-order valence-electron chi connectivity index (χ0n) is 11.7. The summed E-state index contributed by atoms with van der Waals surface area (Å²) in [5, 5.41) is 10.0. The molecule has 3 nitrogen and oxygen atoms in total. The van der Waals surface area contributed by atoms with Crippen LogP contribution >= 0.6 is 11.3 Å². The van der Waals surface area contributed by atoms with Crippen LogP contribution in [0.3, 0.4) is 0 Å². The topological polar surface area (TPSA) is 50.2 Å². The fourth-order valence-corrected chi connectivity index (χ4v) is 3.02. The van der Waals surface area contributed by atoms with E-state index in [1.54, 1.807) is 0 Å². The van der Waals surface area contributed by atoms with E-state index in [0.29, 0.717) is 16.3 Å². The number of carboxylic acids is 1. The van der Waals surface area contributed by atoms with Gasteiger partial charge in [-0.3, -0.25) is 0 Å². The third-order valence-electron chi connectivity index (χ3n) is 3.24. The van der Waals surface area contributed by atoms with Gasteiger partial charge in [-0.15, -0.1) is 11.3 Å². The van der Waals surface area contributed by atoms with E-state index in [1.807, 2.05) is 31.2 Å². The molecule has 1 N–H and O–H groups in total. The monoisotopic (exact) mass is 313 g/mol. The van der Waals surface area contributed by atoms with E-state index in [1.165, 1.54) is 24.3 Å². The molecule has 0 aliphatic carbocycles. The van der Waals surface area contributed by atoms with Crippen LogP contribution in [0.15, 0.2) is 48.5 Å².